The van der Waals surface area contributed by atoms with Gasteiger partial charge < -0.3 is 20.9 Å². The third-order valence-electron chi connectivity index (χ3n) is 5.45. The summed E-state index contributed by atoms with van der Waals surface area (Å²) in [5.74, 6) is 1.26. The quantitative estimate of drug-likeness (QED) is 0.423. The molecular weight excluding hydrogens is 490 g/mol. The van der Waals surface area contributed by atoms with Crippen LogP contribution in [0.3, 0.4) is 0 Å². The van der Waals surface area contributed by atoms with Gasteiger partial charge in [0, 0.05) is 35.5 Å². The van der Waals surface area contributed by atoms with E-state index in [4.69, 9.17) is 23.1 Å². The van der Waals surface area contributed by atoms with Gasteiger partial charge in [0.05, 0.1) is 17.3 Å². The monoisotopic (exact) mass is 517 g/mol. The normalized spacial score (nSPS) is 17.2. The van der Waals surface area contributed by atoms with Gasteiger partial charge in [-0.25, -0.2) is 15.0 Å². The van der Waals surface area contributed by atoms with E-state index in [9.17, 15) is 4.55 Å². The highest BCUT2D eigenvalue weighted by atomic mass is 35.5. The first-order valence-corrected chi connectivity index (χ1v) is 13.2. The van der Waals surface area contributed by atoms with E-state index in [1.807, 2.05) is 32.9 Å². The number of rotatable bonds is 5. The first-order chi connectivity index (χ1) is 16.1. The Kier molecular flexibility index (Phi) is 7.44. The number of pyridine rings is 1. The maximum absolute atomic E-state index is 12.8. The van der Waals surface area contributed by atoms with Gasteiger partial charge in [-0.15, -0.1) is 4.72 Å². The molecule has 11 heteroatoms. The summed E-state index contributed by atoms with van der Waals surface area (Å²) in [5, 5.41) is 0.916. The fourth-order valence-corrected chi connectivity index (χ4v) is 5.48. The van der Waals surface area contributed by atoms with Gasteiger partial charge in [-0.3, -0.25) is 0 Å². The molecule has 1 aliphatic rings. The van der Waals surface area contributed by atoms with Crippen molar-refractivity contribution in [3.05, 3.63) is 58.9 Å². The van der Waals surface area contributed by atoms with Crippen LogP contribution in [0.1, 0.15) is 44.4 Å². The Morgan fingerprint density at radius 2 is 1.94 bits per heavy atom. The van der Waals surface area contributed by atoms with E-state index in [1.54, 1.807) is 18.5 Å². The van der Waals surface area contributed by atoms with Gasteiger partial charge in [0.2, 0.25) is 0 Å². The van der Waals surface area contributed by atoms with Crippen molar-refractivity contribution in [1.82, 2.24) is 19.7 Å². The van der Waals surface area contributed by atoms with Crippen LogP contribution in [0.4, 0.5) is 17.5 Å². The zero-order chi connectivity index (χ0) is 24.5. The minimum atomic E-state index is -1.18. The summed E-state index contributed by atoms with van der Waals surface area (Å²) in [6.45, 7) is 7.27. The van der Waals surface area contributed by atoms with Gasteiger partial charge in [-0.2, -0.15) is 0 Å². The van der Waals surface area contributed by atoms with Crippen molar-refractivity contribution in [1.29, 1.82) is 0 Å². The molecule has 2 atom stereocenters. The molecule has 0 bridgehead atoms. The Morgan fingerprint density at radius 1 is 1.18 bits per heavy atom. The highest BCUT2D eigenvalue weighted by Crippen LogP contribution is 2.37. The molecule has 3 aromatic rings. The molecule has 0 amide bonds. The lowest BCUT2D eigenvalue weighted by Gasteiger charge is -2.28. The Labute approximate surface area is 212 Å². The zero-order valence-electron chi connectivity index (χ0n) is 19.3. The van der Waals surface area contributed by atoms with Crippen molar-refractivity contribution >= 4 is 52.2 Å². The van der Waals surface area contributed by atoms with Crippen LogP contribution in [0.15, 0.2) is 52.6 Å². The molecule has 2 aromatic heterocycles. The molecule has 0 saturated heterocycles. The highest BCUT2D eigenvalue weighted by Gasteiger charge is 2.32. The summed E-state index contributed by atoms with van der Waals surface area (Å²) >= 11 is 6.38. The van der Waals surface area contributed by atoms with Crippen LogP contribution in [0, 0.1) is 0 Å². The van der Waals surface area contributed by atoms with E-state index in [-0.39, 0.29) is 16.6 Å². The lowest BCUT2D eigenvalue weighted by molar-refractivity contribution is 0.514. The van der Waals surface area contributed by atoms with Crippen molar-refractivity contribution in [2.45, 2.75) is 54.4 Å². The maximum Gasteiger partial charge on any atom is 0.158 e. The van der Waals surface area contributed by atoms with Gasteiger partial charge in [-0.05, 0) is 44.4 Å². The maximum atomic E-state index is 12.8. The number of aromatic nitrogens is 3. The van der Waals surface area contributed by atoms with E-state index in [2.05, 4.69) is 36.7 Å². The average Bonchev–Trinajstić information content (AvgIpc) is 2.97. The molecule has 1 aliphatic heterocycles. The average molecular weight is 518 g/mol. The van der Waals surface area contributed by atoms with Gasteiger partial charge in [-0.1, -0.05) is 47.6 Å². The molecule has 5 N–H and O–H groups in total. The van der Waals surface area contributed by atoms with E-state index < -0.39 is 11.4 Å². The van der Waals surface area contributed by atoms with Crippen LogP contribution in [0.5, 0.6) is 0 Å². The van der Waals surface area contributed by atoms with E-state index in [0.717, 1.165) is 17.5 Å². The second-order valence-electron chi connectivity index (χ2n) is 8.99. The van der Waals surface area contributed by atoms with Crippen molar-refractivity contribution < 1.29 is 4.55 Å². The predicted molar refractivity (Wildman–Crippen MR) is 140 cm³/mol. The number of halogens is 1. The standard InChI is InChI=1S/C23H28ClN7OS2/c1-23(2,3)34(32)30-16-9-11-31(13-14-6-4-5-7-15(14)16)18-12-28-22(21(26)29-18)33-17-8-10-27-20(25)19(17)24/h4-8,10,12,16,30H,9,11,13H2,1-3H3,(H2,25,27)(H2,26,29)/t16-,34+/m0/s1. The van der Waals surface area contributed by atoms with E-state index in [1.165, 1.54) is 11.8 Å². The molecular formula is C23H28ClN7OS2. The third kappa shape index (κ3) is 5.52. The first-order valence-electron chi connectivity index (χ1n) is 10.8. The van der Waals surface area contributed by atoms with Crippen LogP contribution >= 0.6 is 23.4 Å². The Hall–Kier alpha value is -2.24. The highest BCUT2D eigenvalue weighted by molar-refractivity contribution is 7.99. The summed E-state index contributed by atoms with van der Waals surface area (Å²) in [6.07, 6.45) is 4.08. The topological polar surface area (TPSA) is 129 Å². The summed E-state index contributed by atoms with van der Waals surface area (Å²) in [5.41, 5.74) is 14.4. The number of nitrogens with one attached hydrogen (secondary N) is 1. The summed E-state index contributed by atoms with van der Waals surface area (Å²) < 4.78 is 15.8. The van der Waals surface area contributed by atoms with Crippen molar-refractivity contribution in [3.63, 3.8) is 0 Å². The molecule has 0 radical (unpaired) electrons. The van der Waals surface area contributed by atoms with Crippen LogP contribution < -0.4 is 21.1 Å². The predicted octanol–water partition coefficient (Wildman–Crippen LogP) is 4.34. The number of nitrogens with zero attached hydrogens (tertiary/aromatic N) is 4. The van der Waals surface area contributed by atoms with Gasteiger partial charge in [0.1, 0.15) is 21.4 Å². The molecule has 0 unspecified atom stereocenters. The van der Waals surface area contributed by atoms with Crippen LogP contribution in [0.25, 0.3) is 0 Å². The Morgan fingerprint density at radius 3 is 2.68 bits per heavy atom. The summed E-state index contributed by atoms with van der Waals surface area (Å²) in [7, 11) is 0. The largest absolute Gasteiger partial charge is 0.598 e. The molecule has 8 nitrogen and oxygen atoms in total. The number of benzene rings is 1. The number of nitrogens with two attached hydrogens (primary N) is 2. The van der Waals surface area contributed by atoms with Gasteiger partial charge in [0.25, 0.3) is 0 Å². The minimum absolute atomic E-state index is 0.0271. The van der Waals surface area contributed by atoms with Gasteiger partial charge >= 0.3 is 0 Å². The van der Waals surface area contributed by atoms with Crippen molar-refractivity contribution in [2.75, 3.05) is 22.9 Å². The number of hydrogen-bond acceptors (Lipinski definition) is 9. The smallest absolute Gasteiger partial charge is 0.158 e. The van der Waals surface area contributed by atoms with Crippen molar-refractivity contribution in [3.8, 4) is 0 Å². The first kappa shape index (κ1) is 24.9. The fourth-order valence-electron chi connectivity index (χ4n) is 3.61. The summed E-state index contributed by atoms with van der Waals surface area (Å²) in [6, 6.07) is 9.97. The minimum Gasteiger partial charge on any atom is -0.598 e. The molecule has 0 fully saturated rings. The van der Waals surface area contributed by atoms with E-state index in [0.29, 0.717) is 39.7 Å². The lowest BCUT2D eigenvalue weighted by Crippen LogP contribution is -2.41. The molecule has 1 aromatic carbocycles. The number of fused-ring (bicyclic) bond motifs is 1. The molecule has 180 valence electrons. The summed E-state index contributed by atoms with van der Waals surface area (Å²) in [4.78, 5) is 16.0. The molecule has 4 rings (SSSR count). The Balaban J connectivity index is 1.56. The molecule has 3 heterocycles. The van der Waals surface area contributed by atoms with Gasteiger partial charge in [0.15, 0.2) is 5.82 Å². The number of nitrogen functional groups attached to an aromatic ring is 2. The fraction of sp³-hybridized carbons (Fsp3) is 0.348. The van der Waals surface area contributed by atoms with Crippen LogP contribution in [-0.4, -0.2) is 30.8 Å². The molecule has 0 aliphatic carbocycles. The second-order valence-corrected chi connectivity index (χ2v) is 12.4. The second kappa shape index (κ2) is 10.2. The molecule has 0 spiro atoms. The Bertz CT molecular complexity index is 1170. The number of hydrogen-bond donors (Lipinski definition) is 3. The SMILES string of the molecule is CC(C)(C)[S@@+]([O-])N[C@H]1CCN(c2cnc(Sc3ccnc(N)c3Cl)c(N)n2)Cc2ccccc21. The zero-order valence-corrected chi connectivity index (χ0v) is 21.7. The third-order valence-corrected chi connectivity index (χ3v) is 8.64. The molecule has 34 heavy (non-hydrogen) atoms. The lowest BCUT2D eigenvalue weighted by atomic mass is 10.0. The van der Waals surface area contributed by atoms with Crippen LogP contribution in [0.2, 0.25) is 5.02 Å². The van der Waals surface area contributed by atoms with Crippen LogP contribution in [-0.2, 0) is 17.9 Å². The number of anilines is 3. The molecule has 0 saturated carbocycles. The van der Waals surface area contributed by atoms with E-state index >= 15 is 0 Å². The van der Waals surface area contributed by atoms with Crippen molar-refractivity contribution in [2.24, 2.45) is 0 Å².